The molecule has 2 nitrogen and oxygen atoms in total. The van der Waals surface area contributed by atoms with Crippen LogP contribution in [0.25, 0.3) is 0 Å². The standard InChI is InChI=1S/C12H17BrN2/c1-3-15-8-9(2)14-7-10-5-4-6-11(13)12(10)15/h4-6,9,14H,3,7-8H2,1-2H3. The Balaban J connectivity index is 2.44. The smallest absolute Gasteiger partial charge is 0.0556 e. The molecule has 3 heteroatoms. The topological polar surface area (TPSA) is 15.3 Å². The van der Waals surface area contributed by atoms with Gasteiger partial charge in [0.15, 0.2) is 0 Å². The molecule has 1 N–H and O–H groups in total. The van der Waals surface area contributed by atoms with Crippen molar-refractivity contribution < 1.29 is 0 Å². The largest absolute Gasteiger partial charge is 0.369 e. The molecule has 2 rings (SSSR count). The number of nitrogens with zero attached hydrogens (tertiary/aromatic N) is 1. The third-order valence-corrected chi connectivity index (χ3v) is 3.54. The third-order valence-electron chi connectivity index (χ3n) is 2.90. The van der Waals surface area contributed by atoms with Gasteiger partial charge in [0.2, 0.25) is 0 Å². The van der Waals surface area contributed by atoms with E-state index < -0.39 is 0 Å². The van der Waals surface area contributed by atoms with Crippen LogP contribution in [0.5, 0.6) is 0 Å². The number of halogens is 1. The zero-order valence-corrected chi connectivity index (χ0v) is 10.8. The summed E-state index contributed by atoms with van der Waals surface area (Å²) in [4.78, 5) is 2.43. The molecule has 0 saturated heterocycles. The van der Waals surface area contributed by atoms with Gasteiger partial charge in [-0.2, -0.15) is 0 Å². The van der Waals surface area contributed by atoms with E-state index in [-0.39, 0.29) is 0 Å². The Labute approximate surface area is 99.8 Å². The number of hydrogen-bond donors (Lipinski definition) is 1. The van der Waals surface area contributed by atoms with Gasteiger partial charge >= 0.3 is 0 Å². The first-order valence-electron chi connectivity index (χ1n) is 5.48. The highest BCUT2D eigenvalue weighted by Crippen LogP contribution is 2.31. The summed E-state index contributed by atoms with van der Waals surface area (Å²) in [5.74, 6) is 0. The number of benzene rings is 1. The molecule has 82 valence electrons. The van der Waals surface area contributed by atoms with Gasteiger partial charge in [-0.3, -0.25) is 0 Å². The Kier molecular flexibility index (Phi) is 3.32. The van der Waals surface area contributed by atoms with Gasteiger partial charge in [-0.15, -0.1) is 0 Å². The minimum absolute atomic E-state index is 0.546. The molecular formula is C12H17BrN2. The fraction of sp³-hybridized carbons (Fsp3) is 0.500. The lowest BCUT2D eigenvalue weighted by molar-refractivity contribution is 0.556. The zero-order chi connectivity index (χ0) is 10.8. The molecule has 1 aliphatic heterocycles. The Morgan fingerprint density at radius 3 is 3.07 bits per heavy atom. The summed E-state index contributed by atoms with van der Waals surface area (Å²) < 4.78 is 1.21. The van der Waals surface area contributed by atoms with E-state index in [2.05, 4.69) is 58.2 Å². The number of hydrogen-bond acceptors (Lipinski definition) is 2. The van der Waals surface area contributed by atoms with Crippen LogP contribution in [-0.4, -0.2) is 19.1 Å². The molecule has 1 atom stereocenters. The van der Waals surface area contributed by atoms with Gasteiger partial charge < -0.3 is 10.2 Å². The molecule has 0 aliphatic carbocycles. The molecule has 0 bridgehead atoms. The highest BCUT2D eigenvalue weighted by atomic mass is 79.9. The van der Waals surface area contributed by atoms with Gasteiger partial charge in [0.25, 0.3) is 0 Å². The van der Waals surface area contributed by atoms with Crippen LogP contribution < -0.4 is 10.2 Å². The molecule has 15 heavy (non-hydrogen) atoms. The van der Waals surface area contributed by atoms with Crippen molar-refractivity contribution in [3.8, 4) is 0 Å². The second-order valence-corrected chi connectivity index (χ2v) is 4.92. The van der Waals surface area contributed by atoms with Crippen LogP contribution in [0.1, 0.15) is 19.4 Å². The van der Waals surface area contributed by atoms with E-state index in [0.717, 1.165) is 19.6 Å². The molecule has 0 fully saturated rings. The summed E-state index contributed by atoms with van der Waals surface area (Å²) in [6.07, 6.45) is 0. The first-order chi connectivity index (χ1) is 7.22. The Bertz CT molecular complexity index is 351. The number of rotatable bonds is 1. The number of para-hydroxylation sites is 1. The van der Waals surface area contributed by atoms with E-state index in [1.54, 1.807) is 0 Å². The molecule has 1 aromatic carbocycles. The maximum atomic E-state index is 3.65. The summed E-state index contributed by atoms with van der Waals surface area (Å²) in [6.45, 7) is 7.55. The van der Waals surface area contributed by atoms with Crippen LogP contribution in [0.3, 0.4) is 0 Å². The Morgan fingerprint density at radius 1 is 1.53 bits per heavy atom. The van der Waals surface area contributed by atoms with Crippen molar-refractivity contribution in [2.24, 2.45) is 0 Å². The minimum Gasteiger partial charge on any atom is -0.369 e. The molecule has 1 unspecified atom stereocenters. The quantitative estimate of drug-likeness (QED) is 0.843. The van der Waals surface area contributed by atoms with Gasteiger partial charge in [0.05, 0.1) is 5.69 Å². The van der Waals surface area contributed by atoms with Crippen molar-refractivity contribution in [3.63, 3.8) is 0 Å². The number of likely N-dealkylation sites (N-methyl/N-ethyl adjacent to an activating group) is 1. The lowest BCUT2D eigenvalue weighted by atomic mass is 10.1. The number of fused-ring (bicyclic) bond motifs is 1. The maximum Gasteiger partial charge on any atom is 0.0556 e. The van der Waals surface area contributed by atoms with Crippen LogP contribution in [0, 0.1) is 0 Å². The molecular weight excluding hydrogens is 252 g/mol. The number of anilines is 1. The second-order valence-electron chi connectivity index (χ2n) is 4.07. The summed E-state index contributed by atoms with van der Waals surface area (Å²) in [7, 11) is 0. The predicted molar refractivity (Wildman–Crippen MR) is 68.3 cm³/mol. The van der Waals surface area contributed by atoms with Crippen molar-refractivity contribution in [3.05, 3.63) is 28.2 Å². The molecule has 0 saturated carbocycles. The van der Waals surface area contributed by atoms with Gasteiger partial charge in [0.1, 0.15) is 0 Å². The highest BCUT2D eigenvalue weighted by molar-refractivity contribution is 9.10. The van der Waals surface area contributed by atoms with Crippen molar-refractivity contribution in [1.82, 2.24) is 5.32 Å². The lowest BCUT2D eigenvalue weighted by Crippen LogP contribution is -2.35. The SMILES string of the molecule is CCN1CC(C)NCc2cccc(Br)c21. The van der Waals surface area contributed by atoms with Crippen LogP contribution >= 0.6 is 15.9 Å². The summed E-state index contributed by atoms with van der Waals surface area (Å²) >= 11 is 3.65. The van der Waals surface area contributed by atoms with E-state index in [0.29, 0.717) is 6.04 Å². The number of nitrogens with one attached hydrogen (secondary N) is 1. The predicted octanol–water partition coefficient (Wildman–Crippen LogP) is 2.77. The fourth-order valence-electron chi connectivity index (χ4n) is 2.11. The molecule has 1 aliphatic rings. The maximum absolute atomic E-state index is 3.65. The summed E-state index contributed by atoms with van der Waals surface area (Å²) in [5.41, 5.74) is 2.74. The Hall–Kier alpha value is -0.540. The van der Waals surface area contributed by atoms with E-state index in [9.17, 15) is 0 Å². The van der Waals surface area contributed by atoms with Gasteiger partial charge in [0, 0.05) is 30.1 Å². The highest BCUT2D eigenvalue weighted by Gasteiger charge is 2.19. The third kappa shape index (κ3) is 2.18. The molecule has 1 aromatic rings. The average Bonchev–Trinajstić information content (AvgIpc) is 2.39. The van der Waals surface area contributed by atoms with Gasteiger partial charge in [-0.05, 0) is 41.4 Å². The molecule has 1 heterocycles. The first-order valence-corrected chi connectivity index (χ1v) is 6.27. The normalized spacial score (nSPS) is 21.0. The first kappa shape index (κ1) is 11.0. The summed E-state index contributed by atoms with van der Waals surface area (Å²) in [6, 6.07) is 6.98. The van der Waals surface area contributed by atoms with Crippen LogP contribution in [0.4, 0.5) is 5.69 Å². The van der Waals surface area contributed by atoms with Crippen LogP contribution in [0.15, 0.2) is 22.7 Å². The van der Waals surface area contributed by atoms with E-state index in [4.69, 9.17) is 0 Å². The van der Waals surface area contributed by atoms with Gasteiger partial charge in [-0.25, -0.2) is 0 Å². The zero-order valence-electron chi connectivity index (χ0n) is 9.26. The van der Waals surface area contributed by atoms with E-state index >= 15 is 0 Å². The lowest BCUT2D eigenvalue weighted by Gasteiger charge is -2.25. The van der Waals surface area contributed by atoms with E-state index in [1.807, 2.05) is 0 Å². The molecule has 0 spiro atoms. The molecule has 0 radical (unpaired) electrons. The fourth-order valence-corrected chi connectivity index (χ4v) is 2.77. The minimum atomic E-state index is 0.546. The monoisotopic (exact) mass is 268 g/mol. The van der Waals surface area contributed by atoms with Crippen LogP contribution in [0.2, 0.25) is 0 Å². The van der Waals surface area contributed by atoms with E-state index in [1.165, 1.54) is 15.7 Å². The van der Waals surface area contributed by atoms with Gasteiger partial charge in [-0.1, -0.05) is 12.1 Å². The van der Waals surface area contributed by atoms with Crippen molar-refractivity contribution in [1.29, 1.82) is 0 Å². The van der Waals surface area contributed by atoms with Crippen molar-refractivity contribution >= 4 is 21.6 Å². The second kappa shape index (κ2) is 4.54. The van der Waals surface area contributed by atoms with Crippen molar-refractivity contribution in [2.45, 2.75) is 26.4 Å². The molecule has 0 aromatic heterocycles. The van der Waals surface area contributed by atoms with Crippen molar-refractivity contribution in [2.75, 3.05) is 18.0 Å². The Morgan fingerprint density at radius 2 is 2.33 bits per heavy atom. The summed E-state index contributed by atoms with van der Waals surface area (Å²) in [5, 5.41) is 3.53. The van der Waals surface area contributed by atoms with Crippen LogP contribution in [-0.2, 0) is 6.54 Å². The molecule has 0 amide bonds. The average molecular weight is 269 g/mol.